The van der Waals surface area contributed by atoms with E-state index in [4.69, 9.17) is 4.74 Å². The van der Waals surface area contributed by atoms with E-state index in [1.54, 1.807) is 12.1 Å². The number of benzene rings is 1. The Balaban J connectivity index is 2.11. The lowest BCUT2D eigenvalue weighted by atomic mass is 10.1. The first kappa shape index (κ1) is 18.9. The van der Waals surface area contributed by atoms with E-state index in [0.717, 1.165) is 18.8 Å². The van der Waals surface area contributed by atoms with E-state index in [0.29, 0.717) is 23.8 Å². The molecule has 1 aromatic carbocycles. The molecule has 1 heterocycles. The van der Waals surface area contributed by atoms with E-state index in [1.807, 2.05) is 12.1 Å². The van der Waals surface area contributed by atoms with Crippen LogP contribution in [0.25, 0.3) is 0 Å². The number of amides is 1. The standard InChI is InChI=1S/C15H23N2O6P/c1-12(18)17(19)7-6-15(24(20,21)22)13-2-4-14(5-3-13)16-8-10-23-11-9-16/h2-5,15,19H,6-11H2,1H3,(H2,20,21,22). The molecular weight excluding hydrogens is 335 g/mol. The maximum Gasteiger partial charge on any atom is 0.333 e. The van der Waals surface area contributed by atoms with Gasteiger partial charge in [-0.3, -0.25) is 14.6 Å². The van der Waals surface area contributed by atoms with Gasteiger partial charge in [0.1, 0.15) is 0 Å². The van der Waals surface area contributed by atoms with Crippen molar-refractivity contribution in [1.29, 1.82) is 0 Å². The van der Waals surface area contributed by atoms with Crippen LogP contribution in [0.2, 0.25) is 0 Å². The second-order valence-electron chi connectivity index (χ2n) is 5.73. The van der Waals surface area contributed by atoms with Crippen molar-refractivity contribution in [2.45, 2.75) is 19.0 Å². The predicted octanol–water partition coefficient (Wildman–Crippen LogP) is 1.37. The van der Waals surface area contributed by atoms with Crippen LogP contribution in [0, 0.1) is 0 Å². The molecule has 1 amide bonds. The molecule has 3 N–H and O–H groups in total. The highest BCUT2D eigenvalue weighted by Gasteiger charge is 2.31. The fourth-order valence-corrected chi connectivity index (χ4v) is 3.67. The van der Waals surface area contributed by atoms with Gasteiger partial charge in [-0.2, -0.15) is 0 Å². The second-order valence-corrected chi connectivity index (χ2v) is 7.53. The molecule has 0 saturated carbocycles. The van der Waals surface area contributed by atoms with Crippen LogP contribution in [0.15, 0.2) is 24.3 Å². The maximum absolute atomic E-state index is 11.8. The molecule has 9 heteroatoms. The molecule has 2 rings (SSSR count). The summed E-state index contributed by atoms with van der Waals surface area (Å²) in [5.41, 5.74) is 0.390. The number of carbonyl (C=O) groups excluding carboxylic acids is 1. The molecule has 1 aliphatic heterocycles. The summed E-state index contributed by atoms with van der Waals surface area (Å²) in [6.45, 7) is 3.91. The minimum atomic E-state index is -4.41. The molecule has 0 spiro atoms. The zero-order valence-electron chi connectivity index (χ0n) is 13.5. The molecule has 1 aromatic rings. The molecule has 1 saturated heterocycles. The van der Waals surface area contributed by atoms with Gasteiger partial charge < -0.3 is 19.4 Å². The highest BCUT2D eigenvalue weighted by atomic mass is 31.2. The fraction of sp³-hybridized carbons (Fsp3) is 0.533. The normalized spacial score (nSPS) is 16.8. The van der Waals surface area contributed by atoms with Crippen LogP contribution in [-0.2, 0) is 14.1 Å². The van der Waals surface area contributed by atoms with Gasteiger partial charge in [0, 0.05) is 32.2 Å². The Hall–Kier alpha value is -1.44. The smallest absolute Gasteiger partial charge is 0.333 e. The van der Waals surface area contributed by atoms with E-state index in [9.17, 15) is 24.4 Å². The minimum absolute atomic E-state index is 0.0305. The zero-order valence-corrected chi connectivity index (χ0v) is 14.4. The van der Waals surface area contributed by atoms with Crippen molar-refractivity contribution >= 4 is 19.2 Å². The number of anilines is 1. The molecule has 1 atom stereocenters. The summed E-state index contributed by atoms with van der Waals surface area (Å²) in [5, 5.41) is 9.88. The average Bonchev–Trinajstić information content (AvgIpc) is 2.55. The molecule has 0 aliphatic carbocycles. The summed E-state index contributed by atoms with van der Waals surface area (Å²) >= 11 is 0. The van der Waals surface area contributed by atoms with Gasteiger partial charge in [-0.05, 0) is 24.1 Å². The molecule has 8 nitrogen and oxygen atoms in total. The fourth-order valence-electron chi connectivity index (χ4n) is 2.66. The number of rotatable bonds is 6. The largest absolute Gasteiger partial charge is 0.378 e. The topological polar surface area (TPSA) is 111 Å². The number of carbonyl (C=O) groups is 1. The van der Waals surface area contributed by atoms with Gasteiger partial charge in [-0.1, -0.05) is 12.1 Å². The lowest BCUT2D eigenvalue weighted by Crippen LogP contribution is -2.36. The van der Waals surface area contributed by atoms with Crippen LogP contribution >= 0.6 is 7.60 Å². The third-order valence-electron chi connectivity index (χ3n) is 4.04. The molecule has 1 aliphatic rings. The molecule has 0 bridgehead atoms. The van der Waals surface area contributed by atoms with Crippen LogP contribution < -0.4 is 4.90 Å². The van der Waals surface area contributed by atoms with Gasteiger partial charge in [0.15, 0.2) is 0 Å². The van der Waals surface area contributed by atoms with Crippen molar-refractivity contribution in [3.63, 3.8) is 0 Å². The Kier molecular flexibility index (Phi) is 6.37. The molecule has 24 heavy (non-hydrogen) atoms. The van der Waals surface area contributed by atoms with Crippen molar-refractivity contribution < 1.29 is 29.1 Å². The summed E-state index contributed by atoms with van der Waals surface area (Å²) in [6.07, 6.45) is -0.0305. The average molecular weight is 358 g/mol. The molecule has 0 radical (unpaired) electrons. The van der Waals surface area contributed by atoms with E-state index in [2.05, 4.69) is 4.90 Å². The van der Waals surface area contributed by atoms with E-state index in [-0.39, 0.29) is 13.0 Å². The number of nitrogens with zero attached hydrogens (tertiary/aromatic N) is 2. The van der Waals surface area contributed by atoms with Crippen LogP contribution in [0.1, 0.15) is 24.6 Å². The SMILES string of the molecule is CC(=O)N(O)CCC(c1ccc(N2CCOCC2)cc1)P(=O)(O)O. The quantitative estimate of drug-likeness (QED) is 0.400. The van der Waals surface area contributed by atoms with Crippen molar-refractivity contribution in [2.24, 2.45) is 0 Å². The van der Waals surface area contributed by atoms with Crippen LogP contribution in [0.3, 0.4) is 0 Å². The Morgan fingerprint density at radius 3 is 2.38 bits per heavy atom. The molecule has 134 valence electrons. The lowest BCUT2D eigenvalue weighted by molar-refractivity contribution is -0.162. The van der Waals surface area contributed by atoms with Crippen molar-refractivity contribution in [2.75, 3.05) is 37.7 Å². The van der Waals surface area contributed by atoms with Crippen molar-refractivity contribution in [3.05, 3.63) is 29.8 Å². The third-order valence-corrected chi connectivity index (χ3v) is 5.41. The number of hydroxylamine groups is 2. The second kappa shape index (κ2) is 8.09. The maximum atomic E-state index is 11.8. The monoisotopic (exact) mass is 358 g/mol. The van der Waals surface area contributed by atoms with Gasteiger partial charge in [0.05, 0.1) is 18.9 Å². The Morgan fingerprint density at radius 2 is 1.88 bits per heavy atom. The lowest BCUT2D eigenvalue weighted by Gasteiger charge is -2.29. The zero-order chi connectivity index (χ0) is 17.7. The highest BCUT2D eigenvalue weighted by Crippen LogP contribution is 2.53. The van der Waals surface area contributed by atoms with E-state index >= 15 is 0 Å². The number of ether oxygens (including phenoxy) is 1. The Morgan fingerprint density at radius 1 is 1.29 bits per heavy atom. The summed E-state index contributed by atoms with van der Waals surface area (Å²) < 4.78 is 17.1. The Labute approximate surface area is 140 Å². The summed E-state index contributed by atoms with van der Waals surface area (Å²) in [5.74, 6) is -0.567. The van der Waals surface area contributed by atoms with Crippen LogP contribution in [-0.4, -0.2) is 58.8 Å². The Bertz CT molecular complexity index is 596. The molecule has 0 aromatic heterocycles. The van der Waals surface area contributed by atoms with Gasteiger partial charge >= 0.3 is 7.60 Å². The van der Waals surface area contributed by atoms with Gasteiger partial charge in [-0.15, -0.1) is 0 Å². The van der Waals surface area contributed by atoms with Crippen molar-refractivity contribution in [3.8, 4) is 0 Å². The predicted molar refractivity (Wildman–Crippen MR) is 88.0 cm³/mol. The van der Waals surface area contributed by atoms with Crippen LogP contribution in [0.4, 0.5) is 5.69 Å². The van der Waals surface area contributed by atoms with Gasteiger partial charge in [0.25, 0.3) is 0 Å². The van der Waals surface area contributed by atoms with Gasteiger partial charge in [-0.25, -0.2) is 5.06 Å². The first-order valence-electron chi connectivity index (χ1n) is 7.74. The van der Waals surface area contributed by atoms with E-state index < -0.39 is 19.2 Å². The summed E-state index contributed by atoms with van der Waals surface area (Å²) in [7, 11) is -4.41. The number of hydrogen-bond acceptors (Lipinski definition) is 5. The molecule has 1 fully saturated rings. The number of hydrogen-bond donors (Lipinski definition) is 3. The van der Waals surface area contributed by atoms with Crippen LogP contribution in [0.5, 0.6) is 0 Å². The minimum Gasteiger partial charge on any atom is -0.378 e. The van der Waals surface area contributed by atoms with Crippen molar-refractivity contribution in [1.82, 2.24) is 5.06 Å². The first-order valence-corrected chi connectivity index (χ1v) is 9.42. The first-order chi connectivity index (χ1) is 11.3. The van der Waals surface area contributed by atoms with Gasteiger partial charge in [0.2, 0.25) is 5.91 Å². The molecule has 1 unspecified atom stereocenters. The molecular formula is C15H23N2O6P. The highest BCUT2D eigenvalue weighted by molar-refractivity contribution is 7.52. The summed E-state index contributed by atoms with van der Waals surface area (Å²) in [6, 6.07) is 7.02. The summed E-state index contributed by atoms with van der Waals surface area (Å²) in [4.78, 5) is 32.4. The third kappa shape index (κ3) is 5.03. The van der Waals surface area contributed by atoms with E-state index in [1.165, 1.54) is 6.92 Å². The number of morpholine rings is 1.